The first kappa shape index (κ1) is 16.3. The number of likely N-dealkylation sites (tertiary alicyclic amines) is 1. The fraction of sp³-hybridized carbons (Fsp3) is 0.600. The Kier molecular flexibility index (Phi) is 4.16. The minimum atomic E-state index is -0.878. The van der Waals surface area contributed by atoms with Gasteiger partial charge >= 0.3 is 11.8 Å². The van der Waals surface area contributed by atoms with Crippen LogP contribution in [0.5, 0.6) is 0 Å². The molecule has 9 heteroatoms. The Morgan fingerprint density at radius 1 is 1.38 bits per heavy atom. The van der Waals surface area contributed by atoms with E-state index in [4.69, 9.17) is 5.11 Å². The Balaban J connectivity index is 1.91. The number of aryl methyl sites for hydroxylation is 1. The van der Waals surface area contributed by atoms with Gasteiger partial charge in [-0.1, -0.05) is 0 Å². The summed E-state index contributed by atoms with van der Waals surface area (Å²) >= 11 is 0. The molecular weight excluding hydrogens is 312 g/mol. The quantitative estimate of drug-likeness (QED) is 0.882. The normalized spacial score (nSPS) is 15.9. The lowest BCUT2D eigenvalue weighted by Crippen LogP contribution is -2.39. The van der Waals surface area contributed by atoms with Crippen molar-refractivity contribution in [1.29, 1.82) is 0 Å². The van der Waals surface area contributed by atoms with Crippen molar-refractivity contribution in [3.63, 3.8) is 0 Å². The van der Waals surface area contributed by atoms with Gasteiger partial charge in [0.05, 0.1) is 11.7 Å². The van der Waals surface area contributed by atoms with Crippen molar-refractivity contribution in [3.8, 4) is 0 Å². The molecule has 24 heavy (non-hydrogen) atoms. The van der Waals surface area contributed by atoms with Crippen LogP contribution in [0.1, 0.15) is 12.8 Å². The molecule has 0 unspecified atom stereocenters. The Hall–Kier alpha value is -2.58. The molecule has 1 aliphatic rings. The topological polar surface area (TPSA) is 96.5 Å². The Morgan fingerprint density at radius 3 is 2.62 bits per heavy atom. The molecular formula is C15H22N6O3. The number of nitrogens with zero attached hydrogens (tertiary/aromatic N) is 6. The zero-order valence-electron chi connectivity index (χ0n) is 14.1. The number of anilines is 1. The number of hydrogen-bond acceptors (Lipinski definition) is 5. The van der Waals surface area contributed by atoms with Crippen molar-refractivity contribution in [2.75, 3.05) is 32.1 Å². The van der Waals surface area contributed by atoms with E-state index in [-0.39, 0.29) is 11.6 Å². The Morgan fingerprint density at radius 2 is 2.04 bits per heavy atom. The predicted octanol–water partition coefficient (Wildman–Crippen LogP) is 0.586. The van der Waals surface area contributed by atoms with Crippen molar-refractivity contribution in [2.45, 2.75) is 19.4 Å². The zero-order chi connectivity index (χ0) is 17.4. The first-order valence-electron chi connectivity index (χ1n) is 7.96. The molecule has 1 fully saturated rings. The summed E-state index contributed by atoms with van der Waals surface area (Å²) < 4.78 is 3.39. The van der Waals surface area contributed by atoms with Gasteiger partial charge in [0.2, 0.25) is 0 Å². The average molecular weight is 334 g/mol. The maximum Gasteiger partial charge on any atom is 0.407 e. The number of carbonyl (C=O) groups is 1. The van der Waals surface area contributed by atoms with E-state index in [1.54, 1.807) is 20.3 Å². The second-order valence-electron chi connectivity index (χ2n) is 6.44. The highest BCUT2D eigenvalue weighted by molar-refractivity contribution is 5.85. The fourth-order valence-electron chi connectivity index (χ4n) is 3.24. The lowest BCUT2D eigenvalue weighted by molar-refractivity contribution is 0.121. The summed E-state index contributed by atoms with van der Waals surface area (Å²) in [7, 11) is 5.53. The van der Waals surface area contributed by atoms with Gasteiger partial charge < -0.3 is 14.9 Å². The number of rotatable bonds is 3. The fourth-order valence-corrected chi connectivity index (χ4v) is 3.24. The van der Waals surface area contributed by atoms with Crippen LogP contribution in [0.3, 0.4) is 0 Å². The molecule has 2 aromatic rings. The third kappa shape index (κ3) is 2.81. The van der Waals surface area contributed by atoms with Crippen molar-refractivity contribution in [2.24, 2.45) is 13.0 Å². The Labute approximate surface area is 139 Å². The maximum atomic E-state index is 12.5. The number of carboxylic acid groups (broad SMARTS) is 1. The number of aromatic nitrogens is 4. The first-order valence-corrected chi connectivity index (χ1v) is 7.96. The van der Waals surface area contributed by atoms with Crippen molar-refractivity contribution in [1.82, 2.24) is 24.2 Å². The Bertz CT molecular complexity index is 816. The van der Waals surface area contributed by atoms with Crippen LogP contribution in [0.4, 0.5) is 10.6 Å². The number of amides is 1. The van der Waals surface area contributed by atoms with Crippen molar-refractivity contribution >= 4 is 22.9 Å². The maximum absolute atomic E-state index is 12.5. The first-order chi connectivity index (χ1) is 11.4. The molecule has 3 rings (SSSR count). The summed E-state index contributed by atoms with van der Waals surface area (Å²) in [5.41, 5.74) is 1.30. The average Bonchev–Trinajstić information content (AvgIpc) is 2.92. The summed E-state index contributed by atoms with van der Waals surface area (Å²) in [5.74, 6) is 0.862. The number of hydrogen-bond donors (Lipinski definition) is 1. The SMILES string of the molecule is CN(C)c1nc(=O)n(CC2CCN(C(=O)O)CC2)c2cnn(C)c12. The lowest BCUT2D eigenvalue weighted by Gasteiger charge is -2.30. The van der Waals surface area contributed by atoms with E-state index in [2.05, 4.69) is 10.1 Å². The van der Waals surface area contributed by atoms with Gasteiger partial charge in [-0.15, -0.1) is 0 Å². The molecule has 1 amide bonds. The van der Waals surface area contributed by atoms with E-state index in [0.29, 0.717) is 25.5 Å². The van der Waals surface area contributed by atoms with Crippen LogP contribution in [0.2, 0.25) is 0 Å². The molecule has 0 bridgehead atoms. The van der Waals surface area contributed by atoms with Gasteiger partial charge in [0.1, 0.15) is 5.52 Å². The lowest BCUT2D eigenvalue weighted by atomic mass is 9.97. The number of piperidine rings is 1. The third-order valence-electron chi connectivity index (χ3n) is 4.60. The summed E-state index contributed by atoms with van der Waals surface area (Å²) in [6.45, 7) is 1.55. The standard InChI is InChI=1S/C15H22N6O3/c1-18(2)13-12-11(8-16-19(12)3)21(14(22)17-13)9-10-4-6-20(7-5-10)15(23)24/h8,10H,4-7,9H2,1-3H3,(H,23,24). The molecule has 1 aliphatic heterocycles. The summed E-state index contributed by atoms with van der Waals surface area (Å²) in [6.07, 6.45) is 2.31. The van der Waals surface area contributed by atoms with Gasteiger partial charge in [0.25, 0.3) is 0 Å². The van der Waals surface area contributed by atoms with Gasteiger partial charge in [0.15, 0.2) is 5.82 Å². The monoisotopic (exact) mass is 334 g/mol. The molecule has 130 valence electrons. The summed E-state index contributed by atoms with van der Waals surface area (Å²) in [4.78, 5) is 30.9. The molecule has 1 saturated heterocycles. The molecule has 0 saturated carbocycles. The van der Waals surface area contributed by atoms with Crippen LogP contribution in [0.25, 0.3) is 11.0 Å². The summed E-state index contributed by atoms with van der Waals surface area (Å²) in [6, 6.07) is 0. The van der Waals surface area contributed by atoms with E-state index < -0.39 is 6.09 Å². The smallest absolute Gasteiger partial charge is 0.407 e. The van der Waals surface area contributed by atoms with E-state index >= 15 is 0 Å². The molecule has 2 aromatic heterocycles. The van der Waals surface area contributed by atoms with Crippen molar-refractivity contribution in [3.05, 3.63) is 16.7 Å². The van der Waals surface area contributed by atoms with Crippen LogP contribution in [-0.2, 0) is 13.6 Å². The summed E-state index contributed by atoms with van der Waals surface area (Å²) in [5, 5.41) is 13.3. The van der Waals surface area contributed by atoms with Gasteiger partial charge in [-0.05, 0) is 18.8 Å². The molecule has 0 aliphatic carbocycles. The van der Waals surface area contributed by atoms with Crippen LogP contribution in [0, 0.1) is 5.92 Å². The van der Waals surface area contributed by atoms with Crippen LogP contribution in [0.15, 0.2) is 11.0 Å². The molecule has 0 aromatic carbocycles. The zero-order valence-corrected chi connectivity index (χ0v) is 14.1. The highest BCUT2D eigenvalue weighted by Gasteiger charge is 2.24. The molecule has 9 nitrogen and oxygen atoms in total. The number of fused-ring (bicyclic) bond motifs is 1. The second kappa shape index (κ2) is 6.14. The van der Waals surface area contributed by atoms with E-state index in [9.17, 15) is 9.59 Å². The van der Waals surface area contributed by atoms with Crippen molar-refractivity contribution < 1.29 is 9.90 Å². The van der Waals surface area contributed by atoms with E-state index in [1.165, 1.54) is 4.90 Å². The molecule has 3 heterocycles. The van der Waals surface area contributed by atoms with Crippen LogP contribution >= 0.6 is 0 Å². The third-order valence-corrected chi connectivity index (χ3v) is 4.60. The van der Waals surface area contributed by atoms with E-state index in [1.807, 2.05) is 21.1 Å². The molecule has 0 atom stereocenters. The highest BCUT2D eigenvalue weighted by atomic mass is 16.4. The van der Waals surface area contributed by atoms with Gasteiger partial charge in [-0.2, -0.15) is 10.1 Å². The highest BCUT2D eigenvalue weighted by Crippen LogP contribution is 2.24. The van der Waals surface area contributed by atoms with Gasteiger partial charge in [-0.25, -0.2) is 9.59 Å². The minimum Gasteiger partial charge on any atom is -0.465 e. The van der Waals surface area contributed by atoms with Crippen LogP contribution < -0.4 is 10.6 Å². The molecule has 1 N–H and O–H groups in total. The minimum absolute atomic E-state index is 0.258. The van der Waals surface area contributed by atoms with Crippen LogP contribution in [-0.4, -0.2) is 62.6 Å². The molecule has 0 radical (unpaired) electrons. The van der Waals surface area contributed by atoms with E-state index in [0.717, 1.165) is 23.9 Å². The predicted molar refractivity (Wildman–Crippen MR) is 89.4 cm³/mol. The second-order valence-corrected chi connectivity index (χ2v) is 6.44. The van der Waals surface area contributed by atoms with Gasteiger partial charge in [-0.3, -0.25) is 9.25 Å². The van der Waals surface area contributed by atoms with Gasteiger partial charge in [0, 0.05) is 40.8 Å². The largest absolute Gasteiger partial charge is 0.465 e. The molecule has 0 spiro atoms.